The van der Waals surface area contributed by atoms with Crippen LogP contribution in [0.1, 0.15) is 32.6 Å². The summed E-state index contributed by atoms with van der Waals surface area (Å²) in [5.74, 6) is 0.0148. The van der Waals surface area contributed by atoms with E-state index in [4.69, 9.17) is 0 Å². The molecule has 1 unspecified atom stereocenters. The maximum atomic E-state index is 12.6. The summed E-state index contributed by atoms with van der Waals surface area (Å²) in [5, 5.41) is 3.19. The molecule has 1 aromatic carbocycles. The van der Waals surface area contributed by atoms with E-state index in [2.05, 4.69) is 5.32 Å². The number of fused-ring (bicyclic) bond motifs is 1. The molecule has 2 aliphatic rings. The van der Waals surface area contributed by atoms with Crippen LogP contribution in [0.3, 0.4) is 0 Å². The van der Waals surface area contributed by atoms with Crippen molar-refractivity contribution in [2.75, 3.05) is 29.9 Å². The number of nitrogens with one attached hydrogen (secondary N) is 1. The van der Waals surface area contributed by atoms with E-state index in [1.807, 2.05) is 36.1 Å². The number of amides is 2. The maximum absolute atomic E-state index is 12.6. The molecule has 2 aliphatic heterocycles. The summed E-state index contributed by atoms with van der Waals surface area (Å²) in [4.78, 5) is 28.6. The predicted octanol–water partition coefficient (Wildman–Crippen LogP) is 2.24. The van der Waals surface area contributed by atoms with Gasteiger partial charge in [-0.25, -0.2) is 0 Å². The highest BCUT2D eigenvalue weighted by atomic mass is 16.2. The van der Waals surface area contributed by atoms with Crippen molar-refractivity contribution in [3.63, 3.8) is 0 Å². The van der Waals surface area contributed by atoms with Crippen molar-refractivity contribution in [1.82, 2.24) is 4.90 Å². The lowest BCUT2D eigenvalue weighted by molar-refractivity contribution is -0.131. The molecule has 0 aromatic heterocycles. The van der Waals surface area contributed by atoms with Crippen LogP contribution >= 0.6 is 0 Å². The molecule has 2 amide bonds. The summed E-state index contributed by atoms with van der Waals surface area (Å²) in [7, 11) is 0. The fourth-order valence-corrected chi connectivity index (χ4v) is 3.20. The summed E-state index contributed by atoms with van der Waals surface area (Å²) in [6.07, 6.45) is 4.51. The number of rotatable bonds is 2. The summed E-state index contributed by atoms with van der Waals surface area (Å²) in [6, 6.07) is 7.37. The SMILES string of the molecule is CC1Nc2ccccc2N(CC(=O)N2CCCCCC2)C1=O. The topological polar surface area (TPSA) is 52.7 Å². The minimum Gasteiger partial charge on any atom is -0.372 e. The van der Waals surface area contributed by atoms with Crippen molar-refractivity contribution >= 4 is 23.2 Å². The first-order chi connectivity index (χ1) is 10.7. The number of benzene rings is 1. The summed E-state index contributed by atoms with van der Waals surface area (Å²) in [5.41, 5.74) is 1.71. The van der Waals surface area contributed by atoms with Crippen molar-refractivity contribution < 1.29 is 9.59 Å². The Hall–Kier alpha value is -2.04. The lowest BCUT2D eigenvalue weighted by atomic mass is 10.1. The van der Waals surface area contributed by atoms with E-state index >= 15 is 0 Å². The van der Waals surface area contributed by atoms with Crippen LogP contribution in [-0.4, -0.2) is 42.4 Å². The van der Waals surface area contributed by atoms with Gasteiger partial charge in [-0.05, 0) is 31.9 Å². The average Bonchev–Trinajstić information content (AvgIpc) is 2.81. The molecule has 5 heteroatoms. The van der Waals surface area contributed by atoms with E-state index in [-0.39, 0.29) is 24.4 Å². The zero-order valence-corrected chi connectivity index (χ0v) is 13.0. The van der Waals surface area contributed by atoms with Gasteiger partial charge in [0.25, 0.3) is 0 Å². The first kappa shape index (κ1) is 14.9. The highest BCUT2D eigenvalue weighted by Gasteiger charge is 2.31. The Morgan fingerprint density at radius 1 is 1.18 bits per heavy atom. The Balaban J connectivity index is 1.78. The van der Waals surface area contributed by atoms with Crippen LogP contribution in [0.4, 0.5) is 11.4 Å². The third kappa shape index (κ3) is 2.93. The standard InChI is InChI=1S/C17H23N3O2/c1-13-17(22)20(15-9-5-4-8-14(15)18-13)12-16(21)19-10-6-2-3-7-11-19/h4-5,8-9,13,18H,2-3,6-7,10-12H2,1H3. The molecule has 1 saturated heterocycles. The summed E-state index contributed by atoms with van der Waals surface area (Å²) >= 11 is 0. The lowest BCUT2D eigenvalue weighted by Gasteiger charge is -2.34. The lowest BCUT2D eigenvalue weighted by Crippen LogP contribution is -2.50. The average molecular weight is 301 g/mol. The van der Waals surface area contributed by atoms with Crippen molar-refractivity contribution in [1.29, 1.82) is 0 Å². The number of carbonyl (C=O) groups excluding carboxylic acids is 2. The van der Waals surface area contributed by atoms with Crippen molar-refractivity contribution in [2.45, 2.75) is 38.6 Å². The fourth-order valence-electron chi connectivity index (χ4n) is 3.20. The van der Waals surface area contributed by atoms with Gasteiger partial charge in [-0.1, -0.05) is 25.0 Å². The molecule has 2 heterocycles. The first-order valence-electron chi connectivity index (χ1n) is 8.11. The molecule has 0 radical (unpaired) electrons. The van der Waals surface area contributed by atoms with Crippen LogP contribution in [-0.2, 0) is 9.59 Å². The van der Waals surface area contributed by atoms with Gasteiger partial charge in [-0.15, -0.1) is 0 Å². The molecule has 0 aliphatic carbocycles. The zero-order chi connectivity index (χ0) is 15.5. The van der Waals surface area contributed by atoms with Crippen LogP contribution in [0.5, 0.6) is 0 Å². The summed E-state index contributed by atoms with van der Waals surface area (Å²) < 4.78 is 0. The largest absolute Gasteiger partial charge is 0.372 e. The van der Waals surface area contributed by atoms with Gasteiger partial charge in [0.15, 0.2) is 0 Å². The second-order valence-electron chi connectivity index (χ2n) is 6.10. The molecule has 5 nitrogen and oxygen atoms in total. The first-order valence-corrected chi connectivity index (χ1v) is 8.11. The molecule has 1 aromatic rings. The maximum Gasteiger partial charge on any atom is 0.249 e. The second-order valence-corrected chi connectivity index (χ2v) is 6.10. The second kappa shape index (κ2) is 6.38. The zero-order valence-electron chi connectivity index (χ0n) is 13.0. The molecule has 3 rings (SSSR count). The van der Waals surface area contributed by atoms with E-state index in [0.717, 1.165) is 37.3 Å². The van der Waals surface area contributed by atoms with Gasteiger partial charge >= 0.3 is 0 Å². The van der Waals surface area contributed by atoms with Gasteiger partial charge in [0.05, 0.1) is 11.4 Å². The molecule has 0 bridgehead atoms. The quantitative estimate of drug-likeness (QED) is 0.911. The molecular weight excluding hydrogens is 278 g/mol. The van der Waals surface area contributed by atoms with E-state index in [0.29, 0.717) is 0 Å². The highest BCUT2D eigenvalue weighted by molar-refractivity contribution is 6.07. The summed E-state index contributed by atoms with van der Waals surface area (Å²) in [6.45, 7) is 3.61. The minimum atomic E-state index is -0.299. The monoisotopic (exact) mass is 301 g/mol. The molecular formula is C17H23N3O2. The molecule has 118 valence electrons. The Kier molecular flexibility index (Phi) is 4.32. The number of para-hydroxylation sites is 2. The fraction of sp³-hybridized carbons (Fsp3) is 0.529. The number of nitrogens with zero attached hydrogens (tertiary/aromatic N) is 2. The van der Waals surface area contributed by atoms with Crippen LogP contribution in [0, 0.1) is 0 Å². The molecule has 1 fully saturated rings. The number of hydrogen-bond donors (Lipinski definition) is 1. The van der Waals surface area contributed by atoms with Crippen molar-refractivity contribution in [3.05, 3.63) is 24.3 Å². The Morgan fingerprint density at radius 2 is 1.86 bits per heavy atom. The molecule has 0 spiro atoms. The molecule has 0 saturated carbocycles. The Morgan fingerprint density at radius 3 is 2.59 bits per heavy atom. The molecule has 22 heavy (non-hydrogen) atoms. The third-order valence-electron chi connectivity index (χ3n) is 4.46. The highest BCUT2D eigenvalue weighted by Crippen LogP contribution is 2.31. The van der Waals surface area contributed by atoms with E-state index in [1.165, 1.54) is 12.8 Å². The van der Waals surface area contributed by atoms with Gasteiger partial charge in [0.1, 0.15) is 12.6 Å². The van der Waals surface area contributed by atoms with Crippen LogP contribution < -0.4 is 10.2 Å². The van der Waals surface area contributed by atoms with Gasteiger partial charge in [-0.3, -0.25) is 14.5 Å². The van der Waals surface area contributed by atoms with E-state index < -0.39 is 0 Å². The van der Waals surface area contributed by atoms with Crippen LogP contribution in [0.25, 0.3) is 0 Å². The van der Waals surface area contributed by atoms with Gasteiger partial charge in [-0.2, -0.15) is 0 Å². The van der Waals surface area contributed by atoms with Crippen LogP contribution in [0.15, 0.2) is 24.3 Å². The Labute approximate surface area is 131 Å². The van der Waals surface area contributed by atoms with Crippen molar-refractivity contribution in [2.24, 2.45) is 0 Å². The third-order valence-corrected chi connectivity index (χ3v) is 4.46. The number of carbonyl (C=O) groups is 2. The Bertz CT molecular complexity index is 565. The minimum absolute atomic E-state index is 0.0399. The number of likely N-dealkylation sites (tertiary alicyclic amines) is 1. The van der Waals surface area contributed by atoms with Gasteiger partial charge in [0, 0.05) is 13.1 Å². The normalized spacial score (nSPS) is 21.9. The number of hydrogen-bond acceptors (Lipinski definition) is 3. The van der Waals surface area contributed by atoms with Crippen LogP contribution in [0.2, 0.25) is 0 Å². The molecule has 1 atom stereocenters. The van der Waals surface area contributed by atoms with E-state index in [9.17, 15) is 9.59 Å². The number of anilines is 2. The van der Waals surface area contributed by atoms with E-state index in [1.54, 1.807) is 4.90 Å². The smallest absolute Gasteiger partial charge is 0.249 e. The predicted molar refractivity (Wildman–Crippen MR) is 86.9 cm³/mol. The van der Waals surface area contributed by atoms with Gasteiger partial charge < -0.3 is 10.2 Å². The van der Waals surface area contributed by atoms with Gasteiger partial charge in [0.2, 0.25) is 11.8 Å². The molecule has 1 N–H and O–H groups in total. The van der Waals surface area contributed by atoms with Crippen molar-refractivity contribution in [3.8, 4) is 0 Å².